The van der Waals surface area contributed by atoms with Crippen molar-refractivity contribution in [2.24, 2.45) is 0 Å². The first-order valence-electron chi connectivity index (χ1n) is 12.2. The zero-order valence-electron chi connectivity index (χ0n) is 21.4. The largest absolute Gasteiger partial charge is 0.490 e. The number of amides is 1. The number of imidazole rings is 1. The van der Waals surface area contributed by atoms with Crippen LogP contribution in [0.2, 0.25) is 5.02 Å². The van der Waals surface area contributed by atoms with Gasteiger partial charge in [-0.25, -0.2) is 14.4 Å². The second-order valence-corrected chi connectivity index (χ2v) is 9.83. The molecule has 1 atom stereocenters. The van der Waals surface area contributed by atoms with Crippen molar-refractivity contribution in [2.45, 2.75) is 39.7 Å². The van der Waals surface area contributed by atoms with Crippen LogP contribution in [-0.2, 0) is 0 Å². The number of rotatable bonds is 6. The summed E-state index contributed by atoms with van der Waals surface area (Å²) in [5.74, 6) is -0.862. The van der Waals surface area contributed by atoms with Gasteiger partial charge >= 0.3 is 0 Å². The lowest BCUT2D eigenvalue weighted by molar-refractivity contribution is 0.101. The molecular formula is C29H27ClFN5O2. The van der Waals surface area contributed by atoms with Crippen LogP contribution < -0.4 is 15.8 Å². The molecule has 1 unspecified atom stereocenters. The van der Waals surface area contributed by atoms with Gasteiger partial charge in [0.2, 0.25) is 0 Å². The number of ether oxygens (including phenoxy) is 1. The highest BCUT2D eigenvalue weighted by atomic mass is 35.5. The molecule has 0 fully saturated rings. The smallest absolute Gasteiger partial charge is 0.262 e. The lowest BCUT2D eigenvalue weighted by atomic mass is 9.95. The summed E-state index contributed by atoms with van der Waals surface area (Å²) in [6.07, 6.45) is 3.01. The van der Waals surface area contributed by atoms with Gasteiger partial charge in [0.05, 0.1) is 16.8 Å². The molecule has 0 aliphatic heterocycles. The molecule has 2 heterocycles. The van der Waals surface area contributed by atoms with Crippen LogP contribution >= 0.6 is 11.6 Å². The number of aryl methyl sites for hydroxylation is 1. The molecule has 5 rings (SSSR count). The lowest BCUT2D eigenvalue weighted by Crippen LogP contribution is -2.20. The highest BCUT2D eigenvalue weighted by Gasteiger charge is 2.30. The number of hydrogen-bond donors (Lipinski definition) is 2. The number of carbonyl (C=O) groups is 1. The van der Waals surface area contributed by atoms with Crippen molar-refractivity contribution < 1.29 is 13.9 Å². The van der Waals surface area contributed by atoms with Gasteiger partial charge in [-0.15, -0.1) is 0 Å². The van der Waals surface area contributed by atoms with Gasteiger partial charge in [0, 0.05) is 34.9 Å². The van der Waals surface area contributed by atoms with E-state index in [2.05, 4.69) is 10.3 Å². The SMILES string of the molecule is Cc1nc(C(C)c2cc(Cl)c(F)c(C(=O)Nc3cccc4ccccc34)c2OC(C)C)n2ccnc(N)c12. The third-order valence-electron chi connectivity index (χ3n) is 6.46. The minimum atomic E-state index is -0.853. The Morgan fingerprint density at radius 2 is 1.89 bits per heavy atom. The molecule has 0 radical (unpaired) electrons. The summed E-state index contributed by atoms with van der Waals surface area (Å²) in [6.45, 7) is 7.37. The number of nitrogens with two attached hydrogens (primary N) is 1. The molecule has 0 aliphatic rings. The molecule has 0 spiro atoms. The first-order valence-corrected chi connectivity index (χ1v) is 12.6. The van der Waals surface area contributed by atoms with Crippen LogP contribution in [0.5, 0.6) is 5.75 Å². The van der Waals surface area contributed by atoms with Gasteiger partial charge in [0.25, 0.3) is 5.91 Å². The monoisotopic (exact) mass is 531 g/mol. The molecule has 5 aromatic rings. The summed E-state index contributed by atoms with van der Waals surface area (Å²) in [6, 6.07) is 14.7. The number of fused-ring (bicyclic) bond motifs is 2. The Hall–Kier alpha value is -4.17. The summed E-state index contributed by atoms with van der Waals surface area (Å²) < 4.78 is 23.6. The molecule has 0 saturated carbocycles. The van der Waals surface area contributed by atoms with Crippen LogP contribution in [0.1, 0.15) is 54.1 Å². The predicted octanol–water partition coefficient (Wildman–Crippen LogP) is 6.76. The molecule has 38 heavy (non-hydrogen) atoms. The van der Waals surface area contributed by atoms with E-state index in [0.29, 0.717) is 34.1 Å². The first-order chi connectivity index (χ1) is 18.2. The van der Waals surface area contributed by atoms with Crippen molar-refractivity contribution in [3.8, 4) is 5.75 Å². The van der Waals surface area contributed by atoms with E-state index in [-0.39, 0.29) is 22.4 Å². The van der Waals surface area contributed by atoms with Crippen LogP contribution in [0.4, 0.5) is 15.9 Å². The number of nitrogens with zero attached hydrogens (tertiary/aromatic N) is 3. The van der Waals surface area contributed by atoms with Gasteiger partial charge in [0.15, 0.2) is 5.82 Å². The van der Waals surface area contributed by atoms with Gasteiger partial charge in [0.1, 0.15) is 28.5 Å². The molecule has 0 bridgehead atoms. The maximum atomic E-state index is 15.6. The number of halogens is 2. The number of benzene rings is 3. The van der Waals surface area contributed by atoms with Crippen molar-refractivity contribution in [1.29, 1.82) is 0 Å². The van der Waals surface area contributed by atoms with Crippen molar-refractivity contribution in [1.82, 2.24) is 14.4 Å². The van der Waals surface area contributed by atoms with Gasteiger partial charge < -0.3 is 15.8 Å². The third-order valence-corrected chi connectivity index (χ3v) is 6.73. The van der Waals surface area contributed by atoms with Crippen LogP contribution in [-0.4, -0.2) is 26.4 Å². The Morgan fingerprint density at radius 3 is 2.66 bits per heavy atom. The average Bonchev–Trinajstić information content (AvgIpc) is 3.23. The van der Waals surface area contributed by atoms with E-state index >= 15 is 4.39 Å². The van der Waals surface area contributed by atoms with E-state index in [0.717, 1.165) is 10.8 Å². The van der Waals surface area contributed by atoms with Gasteiger partial charge in [-0.2, -0.15) is 0 Å². The number of nitrogens with one attached hydrogen (secondary N) is 1. The molecule has 0 saturated heterocycles. The summed E-state index contributed by atoms with van der Waals surface area (Å²) in [4.78, 5) is 22.6. The summed E-state index contributed by atoms with van der Waals surface area (Å²) in [5, 5.41) is 4.45. The summed E-state index contributed by atoms with van der Waals surface area (Å²) in [5.41, 5.74) is 8.30. The highest BCUT2D eigenvalue weighted by molar-refractivity contribution is 6.31. The van der Waals surface area contributed by atoms with E-state index < -0.39 is 17.6 Å². The van der Waals surface area contributed by atoms with E-state index in [4.69, 9.17) is 27.1 Å². The van der Waals surface area contributed by atoms with Crippen LogP contribution in [0.3, 0.4) is 0 Å². The zero-order chi connectivity index (χ0) is 27.1. The van der Waals surface area contributed by atoms with Gasteiger partial charge in [-0.05, 0) is 38.3 Å². The van der Waals surface area contributed by atoms with Crippen LogP contribution in [0.15, 0.2) is 60.9 Å². The Bertz CT molecular complexity index is 1690. The highest BCUT2D eigenvalue weighted by Crippen LogP contribution is 2.40. The molecule has 3 aromatic carbocycles. The van der Waals surface area contributed by atoms with E-state index in [1.807, 2.05) is 68.5 Å². The Labute approximate surface area is 224 Å². The van der Waals surface area contributed by atoms with Gasteiger partial charge in [-0.3, -0.25) is 9.20 Å². The molecule has 2 aromatic heterocycles. The Morgan fingerprint density at radius 1 is 1.16 bits per heavy atom. The third kappa shape index (κ3) is 4.41. The molecule has 3 N–H and O–H groups in total. The Balaban J connectivity index is 1.66. The van der Waals surface area contributed by atoms with Crippen molar-refractivity contribution in [2.75, 3.05) is 11.1 Å². The van der Waals surface area contributed by atoms with E-state index in [9.17, 15) is 4.79 Å². The summed E-state index contributed by atoms with van der Waals surface area (Å²) in [7, 11) is 0. The van der Waals surface area contributed by atoms with Gasteiger partial charge in [-0.1, -0.05) is 54.9 Å². The number of aromatic nitrogens is 3. The fourth-order valence-electron chi connectivity index (χ4n) is 4.75. The number of nitrogen functional groups attached to an aromatic ring is 1. The fourth-order valence-corrected chi connectivity index (χ4v) is 4.96. The lowest BCUT2D eigenvalue weighted by Gasteiger charge is -2.22. The molecule has 7 nitrogen and oxygen atoms in total. The van der Waals surface area contributed by atoms with E-state index in [1.165, 1.54) is 6.07 Å². The van der Waals surface area contributed by atoms with Crippen LogP contribution in [0, 0.1) is 12.7 Å². The quantitative estimate of drug-likeness (QED) is 0.252. The normalized spacial score (nSPS) is 12.3. The molecule has 9 heteroatoms. The van der Waals surface area contributed by atoms with Crippen molar-refractivity contribution >= 4 is 45.3 Å². The molecule has 1 amide bonds. The summed E-state index contributed by atoms with van der Waals surface area (Å²) >= 11 is 6.38. The minimum Gasteiger partial charge on any atom is -0.490 e. The molecule has 194 valence electrons. The van der Waals surface area contributed by atoms with Crippen molar-refractivity contribution in [3.63, 3.8) is 0 Å². The van der Waals surface area contributed by atoms with Crippen LogP contribution in [0.25, 0.3) is 16.3 Å². The number of hydrogen-bond acceptors (Lipinski definition) is 5. The predicted molar refractivity (Wildman–Crippen MR) is 149 cm³/mol. The fraction of sp³-hybridized carbons (Fsp3) is 0.207. The Kier molecular flexibility index (Phi) is 6.67. The minimum absolute atomic E-state index is 0.114. The van der Waals surface area contributed by atoms with E-state index in [1.54, 1.807) is 18.5 Å². The molecule has 0 aliphatic carbocycles. The molecular weight excluding hydrogens is 505 g/mol. The standard InChI is InChI=1S/C29H27ClFN5O2/c1-15(2)38-26-20(16(3)28-34-17(4)25-27(32)33-12-13-36(25)28)14-21(30)24(31)23(26)29(37)35-22-11-7-9-18-8-5-6-10-19(18)22/h5-16H,1-4H3,(H2,32,33)(H,35,37). The number of carbonyl (C=O) groups excluding carboxylic acids is 1. The zero-order valence-corrected chi connectivity index (χ0v) is 22.2. The average molecular weight is 532 g/mol. The second-order valence-electron chi connectivity index (χ2n) is 9.42. The topological polar surface area (TPSA) is 94.5 Å². The van der Waals surface area contributed by atoms with Crippen molar-refractivity contribution in [3.05, 3.63) is 94.4 Å². The number of anilines is 2. The second kappa shape index (κ2) is 9.95. The first kappa shape index (κ1) is 25.5. The maximum Gasteiger partial charge on any atom is 0.262 e. The maximum absolute atomic E-state index is 15.6.